The standard InChI is InChI=1S/C48H56N6O5/c1-32-19-22-38(30-49-32)36-23-20-35(21-24-36)28-42(52-46(57)58)43(55)29-41(40(37-16-10-7-11-17-37)27-34-14-8-6-9-15-34)51-45(56)44(48(3,4)5)54-26-25-53(47(54)59)31-39-18-12-13-33(2)50-39/h6-24,30,40-44,52,55H,25-29,31H2,1-5H3,(H,51,56)(H,57,58)/t40?,41-,42-,43+,44+/m0/s1. The molecule has 308 valence electrons. The van der Waals surface area contributed by atoms with E-state index in [1.165, 1.54) is 0 Å². The van der Waals surface area contributed by atoms with E-state index in [1.54, 1.807) is 9.80 Å². The molecule has 0 saturated carbocycles. The maximum absolute atomic E-state index is 14.9. The summed E-state index contributed by atoms with van der Waals surface area (Å²) in [4.78, 5) is 53.5. The number of aliphatic hydroxyl groups is 1. The van der Waals surface area contributed by atoms with Gasteiger partial charge in [0.25, 0.3) is 0 Å². The molecule has 11 heteroatoms. The van der Waals surface area contributed by atoms with Gasteiger partial charge in [0, 0.05) is 48.2 Å². The van der Waals surface area contributed by atoms with E-state index >= 15 is 0 Å². The Morgan fingerprint density at radius 1 is 0.746 bits per heavy atom. The van der Waals surface area contributed by atoms with Crippen LogP contribution in [0.5, 0.6) is 0 Å². The highest BCUT2D eigenvalue weighted by Crippen LogP contribution is 2.32. The third-order valence-corrected chi connectivity index (χ3v) is 11.1. The maximum Gasteiger partial charge on any atom is 0.404 e. The Morgan fingerprint density at radius 3 is 2.03 bits per heavy atom. The van der Waals surface area contributed by atoms with Gasteiger partial charge < -0.3 is 30.6 Å². The average molecular weight is 797 g/mol. The summed E-state index contributed by atoms with van der Waals surface area (Å²) in [6.07, 6.45) is 0.151. The predicted octanol–water partition coefficient (Wildman–Crippen LogP) is 7.55. The number of benzene rings is 3. The molecule has 5 atom stereocenters. The number of nitrogens with one attached hydrogen (secondary N) is 2. The second-order valence-electron chi connectivity index (χ2n) is 16.7. The number of carboxylic acid groups (broad SMARTS) is 1. The van der Waals surface area contributed by atoms with Crippen LogP contribution in [-0.2, 0) is 24.2 Å². The molecule has 1 aliphatic heterocycles. The van der Waals surface area contributed by atoms with Crippen molar-refractivity contribution < 1.29 is 24.6 Å². The van der Waals surface area contributed by atoms with Crippen LogP contribution in [0.25, 0.3) is 11.1 Å². The highest BCUT2D eigenvalue weighted by atomic mass is 16.4. The lowest BCUT2D eigenvalue weighted by atomic mass is 9.80. The zero-order valence-electron chi connectivity index (χ0n) is 34.6. The number of carbonyl (C=O) groups excluding carboxylic acids is 2. The van der Waals surface area contributed by atoms with Gasteiger partial charge in [0.1, 0.15) is 6.04 Å². The molecule has 1 unspecified atom stereocenters. The van der Waals surface area contributed by atoms with Crippen molar-refractivity contribution >= 4 is 18.0 Å². The summed E-state index contributed by atoms with van der Waals surface area (Å²) in [7, 11) is 0. The van der Waals surface area contributed by atoms with Gasteiger partial charge in [-0.25, -0.2) is 9.59 Å². The normalized spacial score (nSPS) is 15.6. The first kappa shape index (κ1) is 42.5. The van der Waals surface area contributed by atoms with Crippen LogP contribution in [-0.4, -0.2) is 85.3 Å². The van der Waals surface area contributed by atoms with Gasteiger partial charge in [0.2, 0.25) is 5.91 Å². The summed E-state index contributed by atoms with van der Waals surface area (Å²) in [5.74, 6) is -0.652. The molecule has 11 nitrogen and oxygen atoms in total. The summed E-state index contributed by atoms with van der Waals surface area (Å²) < 4.78 is 0. The molecule has 0 radical (unpaired) electrons. The van der Waals surface area contributed by atoms with Gasteiger partial charge >= 0.3 is 12.1 Å². The Kier molecular flexibility index (Phi) is 13.8. The van der Waals surface area contributed by atoms with Gasteiger partial charge in [-0.1, -0.05) is 118 Å². The summed E-state index contributed by atoms with van der Waals surface area (Å²) in [5.41, 5.74) is 6.68. The number of rotatable bonds is 16. The second-order valence-corrected chi connectivity index (χ2v) is 16.7. The number of aliphatic hydroxyl groups excluding tert-OH is 1. The van der Waals surface area contributed by atoms with E-state index < -0.39 is 35.7 Å². The molecular formula is C48H56N6O5. The zero-order valence-corrected chi connectivity index (χ0v) is 34.6. The molecule has 3 heterocycles. The van der Waals surface area contributed by atoms with Gasteiger partial charge in [0.15, 0.2) is 0 Å². The van der Waals surface area contributed by atoms with Crippen LogP contribution in [0, 0.1) is 19.3 Å². The van der Waals surface area contributed by atoms with Gasteiger partial charge in [-0.3, -0.25) is 14.8 Å². The minimum Gasteiger partial charge on any atom is -0.465 e. The maximum atomic E-state index is 14.9. The minimum absolute atomic E-state index is 0.0339. The lowest BCUT2D eigenvalue weighted by molar-refractivity contribution is -0.129. The highest BCUT2D eigenvalue weighted by molar-refractivity contribution is 5.89. The van der Waals surface area contributed by atoms with E-state index in [0.717, 1.165) is 44.9 Å². The number of pyridine rings is 2. The van der Waals surface area contributed by atoms with Gasteiger partial charge in [-0.15, -0.1) is 0 Å². The van der Waals surface area contributed by atoms with E-state index in [2.05, 4.69) is 20.6 Å². The minimum atomic E-state index is -1.26. The molecule has 1 aliphatic rings. The van der Waals surface area contributed by atoms with Crippen LogP contribution in [0.2, 0.25) is 0 Å². The lowest BCUT2D eigenvalue weighted by Crippen LogP contribution is -2.58. The largest absolute Gasteiger partial charge is 0.465 e. The second kappa shape index (κ2) is 19.1. The van der Waals surface area contributed by atoms with Gasteiger partial charge in [-0.2, -0.15) is 0 Å². The van der Waals surface area contributed by atoms with Crippen LogP contribution in [0.4, 0.5) is 9.59 Å². The number of aryl methyl sites for hydroxylation is 2. The van der Waals surface area contributed by atoms with E-state index in [0.29, 0.717) is 26.1 Å². The Hall–Kier alpha value is -6.07. The van der Waals surface area contributed by atoms with Crippen LogP contribution < -0.4 is 10.6 Å². The molecule has 3 aromatic carbocycles. The third-order valence-electron chi connectivity index (χ3n) is 11.1. The summed E-state index contributed by atoms with van der Waals surface area (Å²) in [6, 6.07) is 34.7. The number of aromatic nitrogens is 2. The van der Waals surface area contributed by atoms with Crippen molar-refractivity contribution in [1.82, 2.24) is 30.4 Å². The monoisotopic (exact) mass is 796 g/mol. The van der Waals surface area contributed by atoms with Crippen molar-refractivity contribution in [2.75, 3.05) is 13.1 Å². The topological polar surface area (TPSA) is 148 Å². The van der Waals surface area contributed by atoms with Crippen LogP contribution in [0.15, 0.2) is 121 Å². The number of urea groups is 1. The number of nitrogens with zero attached hydrogens (tertiary/aromatic N) is 4. The van der Waals surface area contributed by atoms with Gasteiger partial charge in [0.05, 0.1) is 24.4 Å². The molecule has 2 aromatic heterocycles. The average Bonchev–Trinajstić information content (AvgIpc) is 3.55. The highest BCUT2D eigenvalue weighted by Gasteiger charge is 2.45. The zero-order chi connectivity index (χ0) is 42.1. The van der Waals surface area contributed by atoms with Crippen molar-refractivity contribution in [3.63, 3.8) is 0 Å². The quantitative estimate of drug-likeness (QED) is 0.0806. The van der Waals surface area contributed by atoms with Crippen LogP contribution >= 0.6 is 0 Å². The Labute approximate surface area is 347 Å². The Balaban J connectivity index is 1.30. The fraction of sp³-hybridized carbons (Fsp3) is 0.354. The molecule has 4 N–H and O–H groups in total. The molecule has 0 spiro atoms. The van der Waals surface area contributed by atoms with Gasteiger partial charge in [-0.05, 0) is 79.0 Å². The van der Waals surface area contributed by atoms with Crippen LogP contribution in [0.3, 0.4) is 0 Å². The fourth-order valence-corrected chi connectivity index (χ4v) is 8.11. The van der Waals surface area contributed by atoms with E-state index in [9.17, 15) is 24.6 Å². The third kappa shape index (κ3) is 11.3. The van der Waals surface area contributed by atoms with Crippen molar-refractivity contribution in [1.29, 1.82) is 0 Å². The van der Waals surface area contributed by atoms with Crippen molar-refractivity contribution in [3.8, 4) is 11.1 Å². The first-order valence-corrected chi connectivity index (χ1v) is 20.3. The summed E-state index contributed by atoms with van der Waals surface area (Å²) in [5, 5.41) is 28.0. The number of amides is 4. The Morgan fingerprint density at radius 2 is 1.41 bits per heavy atom. The summed E-state index contributed by atoms with van der Waals surface area (Å²) >= 11 is 0. The number of hydrogen-bond acceptors (Lipinski definition) is 6. The van der Waals surface area contributed by atoms with E-state index in [-0.39, 0.29) is 30.7 Å². The van der Waals surface area contributed by atoms with E-state index in [1.807, 2.05) is 156 Å². The van der Waals surface area contributed by atoms with Crippen molar-refractivity contribution in [3.05, 3.63) is 155 Å². The SMILES string of the molecule is Cc1ccc(-c2ccc(C[C@H](NC(=O)O)[C@H](O)C[C@H](NC(=O)[C@@H](N3CCN(Cc4cccc(C)n4)C3=O)C(C)(C)C)C(Cc3ccccc3)c3ccccc3)cc2)cn1. The fourth-order valence-electron chi connectivity index (χ4n) is 8.11. The molecule has 59 heavy (non-hydrogen) atoms. The molecule has 1 saturated heterocycles. The smallest absolute Gasteiger partial charge is 0.404 e. The molecule has 4 amide bonds. The molecule has 0 bridgehead atoms. The summed E-state index contributed by atoms with van der Waals surface area (Å²) in [6.45, 7) is 10.8. The predicted molar refractivity (Wildman–Crippen MR) is 230 cm³/mol. The Bertz CT molecular complexity index is 2160. The number of carbonyl (C=O) groups is 3. The lowest BCUT2D eigenvalue weighted by Gasteiger charge is -2.39. The van der Waals surface area contributed by atoms with E-state index in [4.69, 9.17) is 0 Å². The molecule has 5 aromatic rings. The molecule has 1 fully saturated rings. The van der Waals surface area contributed by atoms with Crippen molar-refractivity contribution in [2.24, 2.45) is 5.41 Å². The van der Waals surface area contributed by atoms with Crippen LogP contribution in [0.1, 0.15) is 66.9 Å². The first-order chi connectivity index (χ1) is 28.2. The molecular weight excluding hydrogens is 741 g/mol. The molecule has 6 rings (SSSR count). The number of hydrogen-bond donors (Lipinski definition) is 4. The first-order valence-electron chi connectivity index (χ1n) is 20.3. The van der Waals surface area contributed by atoms with Crippen molar-refractivity contribution in [2.45, 2.75) is 90.6 Å². The molecule has 0 aliphatic carbocycles.